The number of hydrogen-bond acceptors (Lipinski definition) is 7. The van der Waals surface area contributed by atoms with Gasteiger partial charge >= 0.3 is 0 Å². The van der Waals surface area contributed by atoms with Gasteiger partial charge in [0.05, 0.1) is 0 Å². The Morgan fingerprint density at radius 2 is 1.86 bits per heavy atom. The maximum atomic E-state index is 5.81. The fourth-order valence-electron chi connectivity index (χ4n) is 2.71. The summed E-state index contributed by atoms with van der Waals surface area (Å²) in [5, 5.41) is 3.34. The number of nitrogens with two attached hydrogens (primary N) is 1. The molecule has 0 bridgehead atoms. The van der Waals surface area contributed by atoms with Gasteiger partial charge in [-0.05, 0) is 46.7 Å². The lowest BCUT2D eigenvalue weighted by Crippen LogP contribution is -2.34. The number of nitrogen functional groups attached to an aromatic ring is 1. The van der Waals surface area contributed by atoms with Crippen LogP contribution in [0.4, 0.5) is 17.8 Å². The summed E-state index contributed by atoms with van der Waals surface area (Å²) in [6.07, 6.45) is 2.61. The van der Waals surface area contributed by atoms with E-state index >= 15 is 0 Å². The molecule has 2 heterocycles. The minimum atomic E-state index is 0.266. The van der Waals surface area contributed by atoms with Gasteiger partial charge in [0.15, 0.2) is 0 Å². The van der Waals surface area contributed by atoms with Crippen molar-refractivity contribution in [2.24, 2.45) is 0 Å². The van der Waals surface area contributed by atoms with E-state index in [0.717, 1.165) is 19.6 Å². The van der Waals surface area contributed by atoms with Crippen LogP contribution in [0.15, 0.2) is 0 Å². The van der Waals surface area contributed by atoms with Crippen molar-refractivity contribution in [1.29, 1.82) is 0 Å². The van der Waals surface area contributed by atoms with Crippen molar-refractivity contribution in [3.63, 3.8) is 0 Å². The van der Waals surface area contributed by atoms with Gasteiger partial charge in [0.25, 0.3) is 0 Å². The minimum Gasteiger partial charge on any atom is -0.368 e. The Hall–Kier alpha value is -1.63. The molecule has 1 atom stereocenters. The van der Waals surface area contributed by atoms with E-state index in [4.69, 9.17) is 5.73 Å². The second-order valence-electron chi connectivity index (χ2n) is 5.54. The van der Waals surface area contributed by atoms with E-state index in [-0.39, 0.29) is 12.0 Å². The summed E-state index contributed by atoms with van der Waals surface area (Å²) >= 11 is 0. The molecule has 1 fully saturated rings. The SMILES string of the molecule is CCN(CC)c1nc(N)nc(NC(C)CN2CCCC2)n1. The van der Waals surface area contributed by atoms with Crippen molar-refractivity contribution in [1.82, 2.24) is 19.9 Å². The molecule has 0 saturated carbocycles. The molecule has 0 radical (unpaired) electrons. The topological polar surface area (TPSA) is 83.2 Å². The summed E-state index contributed by atoms with van der Waals surface area (Å²) < 4.78 is 0. The largest absolute Gasteiger partial charge is 0.368 e. The average Bonchev–Trinajstić information content (AvgIpc) is 2.92. The molecule has 1 aromatic heterocycles. The van der Waals surface area contributed by atoms with E-state index in [1.54, 1.807) is 0 Å². The molecule has 1 unspecified atom stereocenters. The molecule has 1 aromatic rings. The Kier molecular flexibility index (Phi) is 5.55. The molecule has 1 aliphatic rings. The maximum absolute atomic E-state index is 5.81. The highest BCUT2D eigenvalue weighted by molar-refractivity contribution is 5.42. The molecule has 118 valence electrons. The maximum Gasteiger partial charge on any atom is 0.231 e. The smallest absolute Gasteiger partial charge is 0.231 e. The fourth-order valence-corrected chi connectivity index (χ4v) is 2.71. The van der Waals surface area contributed by atoms with Crippen LogP contribution in [0.1, 0.15) is 33.6 Å². The first-order valence-electron chi connectivity index (χ1n) is 7.87. The second kappa shape index (κ2) is 7.40. The van der Waals surface area contributed by atoms with Crippen molar-refractivity contribution in [2.45, 2.75) is 39.7 Å². The van der Waals surface area contributed by atoms with Gasteiger partial charge < -0.3 is 20.9 Å². The summed E-state index contributed by atoms with van der Waals surface area (Å²) in [6, 6.07) is 0.287. The van der Waals surface area contributed by atoms with Crippen molar-refractivity contribution >= 4 is 17.8 Å². The molecule has 2 rings (SSSR count). The molecular formula is C14H27N7. The monoisotopic (exact) mass is 293 g/mol. The summed E-state index contributed by atoms with van der Waals surface area (Å²) in [5.74, 6) is 1.47. The molecular weight excluding hydrogens is 266 g/mol. The quantitative estimate of drug-likeness (QED) is 0.781. The third-order valence-corrected chi connectivity index (χ3v) is 3.79. The predicted octanol–water partition coefficient (Wildman–Crippen LogP) is 1.20. The van der Waals surface area contributed by atoms with Crippen LogP contribution in [-0.4, -0.2) is 58.6 Å². The Labute approximate surface area is 127 Å². The van der Waals surface area contributed by atoms with Gasteiger partial charge in [-0.1, -0.05) is 0 Å². The Morgan fingerprint density at radius 3 is 2.48 bits per heavy atom. The lowest BCUT2D eigenvalue weighted by molar-refractivity contribution is 0.327. The summed E-state index contributed by atoms with van der Waals surface area (Å²) in [7, 11) is 0. The summed E-state index contributed by atoms with van der Waals surface area (Å²) in [4.78, 5) is 17.4. The normalized spacial score (nSPS) is 16.9. The molecule has 21 heavy (non-hydrogen) atoms. The predicted molar refractivity (Wildman–Crippen MR) is 86.6 cm³/mol. The van der Waals surface area contributed by atoms with E-state index < -0.39 is 0 Å². The van der Waals surface area contributed by atoms with Gasteiger partial charge in [-0.25, -0.2) is 0 Å². The van der Waals surface area contributed by atoms with E-state index in [1.165, 1.54) is 25.9 Å². The van der Waals surface area contributed by atoms with Crippen molar-refractivity contribution in [3.05, 3.63) is 0 Å². The highest BCUT2D eigenvalue weighted by Crippen LogP contribution is 2.13. The zero-order valence-electron chi connectivity index (χ0n) is 13.3. The van der Waals surface area contributed by atoms with Crippen molar-refractivity contribution in [3.8, 4) is 0 Å². The van der Waals surface area contributed by atoms with Crippen LogP contribution in [0, 0.1) is 0 Å². The lowest BCUT2D eigenvalue weighted by Gasteiger charge is -2.22. The molecule has 0 amide bonds. The van der Waals surface area contributed by atoms with Gasteiger partial charge in [0.1, 0.15) is 0 Å². The molecule has 0 aliphatic carbocycles. The van der Waals surface area contributed by atoms with Gasteiger partial charge in [-0.2, -0.15) is 15.0 Å². The van der Waals surface area contributed by atoms with Crippen LogP contribution < -0.4 is 16.0 Å². The van der Waals surface area contributed by atoms with Gasteiger partial charge in [0.2, 0.25) is 17.8 Å². The summed E-state index contributed by atoms with van der Waals surface area (Å²) in [5.41, 5.74) is 5.81. The number of likely N-dealkylation sites (tertiary alicyclic amines) is 1. The zero-order chi connectivity index (χ0) is 15.2. The standard InChI is InChI=1S/C14H27N7/c1-4-21(5-2)14-18-12(15)17-13(19-14)16-11(3)10-20-8-6-7-9-20/h11H,4-10H2,1-3H3,(H3,15,16,17,18,19). The molecule has 7 nitrogen and oxygen atoms in total. The molecule has 0 spiro atoms. The third kappa shape index (κ3) is 4.42. The van der Waals surface area contributed by atoms with Gasteiger partial charge in [-0.15, -0.1) is 0 Å². The first-order chi connectivity index (χ1) is 10.1. The number of nitrogens with one attached hydrogen (secondary N) is 1. The van der Waals surface area contributed by atoms with Crippen LogP contribution in [0.5, 0.6) is 0 Å². The number of aromatic nitrogens is 3. The number of nitrogens with zero attached hydrogens (tertiary/aromatic N) is 5. The van der Waals surface area contributed by atoms with Crippen LogP contribution in [0.2, 0.25) is 0 Å². The molecule has 3 N–H and O–H groups in total. The second-order valence-corrected chi connectivity index (χ2v) is 5.54. The van der Waals surface area contributed by atoms with E-state index in [0.29, 0.717) is 11.9 Å². The first kappa shape index (κ1) is 15.8. The first-order valence-corrected chi connectivity index (χ1v) is 7.87. The Balaban J connectivity index is 2.01. The van der Waals surface area contributed by atoms with Crippen LogP contribution >= 0.6 is 0 Å². The van der Waals surface area contributed by atoms with E-state index in [2.05, 4.69) is 50.8 Å². The molecule has 0 aromatic carbocycles. The number of hydrogen-bond donors (Lipinski definition) is 2. The number of anilines is 3. The molecule has 1 aliphatic heterocycles. The van der Waals surface area contributed by atoms with Gasteiger partial charge in [0, 0.05) is 25.7 Å². The van der Waals surface area contributed by atoms with Gasteiger partial charge in [-0.3, -0.25) is 0 Å². The zero-order valence-corrected chi connectivity index (χ0v) is 13.3. The molecule has 7 heteroatoms. The highest BCUT2D eigenvalue weighted by atomic mass is 15.3. The van der Waals surface area contributed by atoms with Crippen LogP contribution in [-0.2, 0) is 0 Å². The Morgan fingerprint density at radius 1 is 1.19 bits per heavy atom. The van der Waals surface area contributed by atoms with Crippen LogP contribution in [0.3, 0.4) is 0 Å². The van der Waals surface area contributed by atoms with Crippen molar-refractivity contribution in [2.75, 3.05) is 48.7 Å². The number of rotatable bonds is 7. The average molecular weight is 293 g/mol. The Bertz CT molecular complexity index is 441. The van der Waals surface area contributed by atoms with Crippen molar-refractivity contribution < 1.29 is 0 Å². The lowest BCUT2D eigenvalue weighted by atomic mass is 10.3. The van der Waals surface area contributed by atoms with E-state index in [1.807, 2.05) is 0 Å². The van der Waals surface area contributed by atoms with Crippen LogP contribution in [0.25, 0.3) is 0 Å². The fraction of sp³-hybridized carbons (Fsp3) is 0.786. The minimum absolute atomic E-state index is 0.266. The summed E-state index contributed by atoms with van der Waals surface area (Å²) in [6.45, 7) is 11.4. The van der Waals surface area contributed by atoms with E-state index in [9.17, 15) is 0 Å². The third-order valence-electron chi connectivity index (χ3n) is 3.79. The highest BCUT2D eigenvalue weighted by Gasteiger charge is 2.16. The molecule has 1 saturated heterocycles.